The number of benzene rings is 1. The number of esters is 1. The third-order valence-electron chi connectivity index (χ3n) is 6.23. The van der Waals surface area contributed by atoms with Gasteiger partial charge in [0, 0.05) is 22.6 Å². The first-order chi connectivity index (χ1) is 16.4. The van der Waals surface area contributed by atoms with Crippen LogP contribution in [0.4, 0.5) is 14.9 Å². The van der Waals surface area contributed by atoms with Crippen LogP contribution in [0.25, 0.3) is 22.3 Å². The minimum Gasteiger partial charge on any atom is -0.458 e. The van der Waals surface area contributed by atoms with Crippen molar-refractivity contribution in [2.45, 2.75) is 58.5 Å². The van der Waals surface area contributed by atoms with Crippen LogP contribution in [-0.2, 0) is 33.0 Å². The Labute approximate surface area is 199 Å². The molecule has 0 radical (unpaired) electrons. The smallest absolute Gasteiger partial charge is 0.412 e. The summed E-state index contributed by atoms with van der Waals surface area (Å²) in [6, 6.07) is 6.03. The average molecular weight is 481 g/mol. The standard InChI is InChI=1S/C25H24FN3O6/c1-5-25(33)15-8-19-20-13(10-29(19)21(30)14(15)11-34-22(25)31)6-12-7-18(16(26)9-17(12)27-20)28-23(32)35-24(2,3)4/h6-9,33H,5,10-11H2,1-4H3,(H,28,32)/t25-/m0/s1. The molecule has 0 unspecified atom stereocenters. The van der Waals surface area contributed by atoms with Gasteiger partial charge in [-0.05, 0) is 45.4 Å². The first kappa shape index (κ1) is 23.0. The van der Waals surface area contributed by atoms with E-state index in [1.165, 1.54) is 16.7 Å². The minimum atomic E-state index is -1.92. The molecule has 10 heteroatoms. The highest BCUT2D eigenvalue weighted by molar-refractivity contribution is 5.92. The van der Waals surface area contributed by atoms with E-state index in [9.17, 15) is 23.9 Å². The van der Waals surface area contributed by atoms with Gasteiger partial charge in [0.25, 0.3) is 5.56 Å². The Balaban J connectivity index is 1.60. The fraction of sp³-hybridized carbons (Fsp3) is 0.360. The van der Waals surface area contributed by atoms with E-state index in [2.05, 4.69) is 10.3 Å². The van der Waals surface area contributed by atoms with E-state index < -0.39 is 29.1 Å². The average Bonchev–Trinajstić information content (AvgIpc) is 3.12. The topological polar surface area (TPSA) is 120 Å². The number of nitrogens with zero attached hydrogens (tertiary/aromatic N) is 2. The zero-order valence-electron chi connectivity index (χ0n) is 19.7. The molecule has 0 fully saturated rings. The van der Waals surface area contributed by atoms with Gasteiger partial charge in [-0.3, -0.25) is 10.1 Å². The molecule has 2 N–H and O–H groups in total. The fourth-order valence-corrected chi connectivity index (χ4v) is 4.52. The Morgan fingerprint density at radius 2 is 2.03 bits per heavy atom. The normalized spacial score (nSPS) is 18.5. The largest absolute Gasteiger partial charge is 0.458 e. The monoisotopic (exact) mass is 481 g/mol. The van der Waals surface area contributed by atoms with Gasteiger partial charge in [0.05, 0.1) is 34.7 Å². The van der Waals surface area contributed by atoms with Gasteiger partial charge in [0.1, 0.15) is 18.0 Å². The Kier molecular flexibility index (Phi) is 4.99. The number of ether oxygens (including phenoxy) is 2. The number of aromatic nitrogens is 2. The third-order valence-corrected chi connectivity index (χ3v) is 6.23. The number of anilines is 1. The second-order valence-corrected chi connectivity index (χ2v) is 9.75. The number of aliphatic hydroxyl groups is 1. The summed E-state index contributed by atoms with van der Waals surface area (Å²) < 4.78 is 26.6. The van der Waals surface area contributed by atoms with E-state index in [4.69, 9.17) is 9.47 Å². The number of carbonyl (C=O) groups excluding carboxylic acids is 2. The van der Waals surface area contributed by atoms with Crippen LogP contribution in [0, 0.1) is 5.82 Å². The molecule has 0 saturated heterocycles. The molecule has 4 heterocycles. The molecule has 2 aliphatic rings. The van der Waals surface area contributed by atoms with Crippen molar-refractivity contribution in [3.63, 3.8) is 0 Å². The number of fused-ring (bicyclic) bond motifs is 5. The van der Waals surface area contributed by atoms with Crippen LogP contribution < -0.4 is 10.9 Å². The molecule has 0 aliphatic carbocycles. The van der Waals surface area contributed by atoms with Crippen molar-refractivity contribution in [3.05, 3.63) is 57.1 Å². The zero-order chi connectivity index (χ0) is 25.3. The minimum absolute atomic E-state index is 0.0400. The van der Waals surface area contributed by atoms with Gasteiger partial charge in [-0.15, -0.1) is 0 Å². The number of amides is 1. The predicted octanol–water partition coefficient (Wildman–Crippen LogP) is 3.57. The van der Waals surface area contributed by atoms with Crippen LogP contribution in [0.2, 0.25) is 0 Å². The number of nitrogens with one attached hydrogen (secondary N) is 1. The molecule has 0 saturated carbocycles. The summed E-state index contributed by atoms with van der Waals surface area (Å²) in [4.78, 5) is 42.2. The van der Waals surface area contributed by atoms with Crippen LogP contribution in [0.3, 0.4) is 0 Å². The van der Waals surface area contributed by atoms with Crippen molar-refractivity contribution in [2.75, 3.05) is 5.32 Å². The lowest BCUT2D eigenvalue weighted by molar-refractivity contribution is -0.172. The van der Waals surface area contributed by atoms with Crippen molar-refractivity contribution in [3.8, 4) is 11.4 Å². The SMILES string of the molecule is CC[C@@]1(O)C(=O)OCc2c1cc1n(c2=O)Cc2cc3cc(NC(=O)OC(C)(C)C)c(F)cc3nc2-1. The van der Waals surface area contributed by atoms with Crippen molar-refractivity contribution in [2.24, 2.45) is 0 Å². The highest BCUT2D eigenvalue weighted by Gasteiger charge is 2.45. The first-order valence-corrected chi connectivity index (χ1v) is 11.2. The van der Waals surface area contributed by atoms with E-state index in [0.717, 1.165) is 0 Å². The van der Waals surface area contributed by atoms with Crippen LogP contribution in [0.1, 0.15) is 50.8 Å². The summed E-state index contributed by atoms with van der Waals surface area (Å²) in [5, 5.41) is 13.9. The molecule has 2 aliphatic heterocycles. The van der Waals surface area contributed by atoms with E-state index in [1.807, 2.05) is 0 Å². The number of carbonyl (C=O) groups is 2. The molecule has 182 valence electrons. The summed E-state index contributed by atoms with van der Waals surface area (Å²) in [6.45, 7) is 6.75. The number of rotatable bonds is 2. The van der Waals surface area contributed by atoms with Crippen LogP contribution in [0.15, 0.2) is 29.1 Å². The van der Waals surface area contributed by atoms with Crippen molar-refractivity contribution >= 4 is 28.7 Å². The summed E-state index contributed by atoms with van der Waals surface area (Å²) in [7, 11) is 0. The number of halogens is 1. The van der Waals surface area contributed by atoms with Gasteiger partial charge in [0.2, 0.25) is 0 Å². The van der Waals surface area contributed by atoms with E-state index in [0.29, 0.717) is 27.9 Å². The van der Waals surface area contributed by atoms with Gasteiger partial charge in [0.15, 0.2) is 5.60 Å². The molecule has 2 aromatic heterocycles. The summed E-state index contributed by atoms with van der Waals surface area (Å²) in [6.07, 6.45) is -0.743. The second-order valence-electron chi connectivity index (χ2n) is 9.75. The number of hydrogen-bond acceptors (Lipinski definition) is 7. The van der Waals surface area contributed by atoms with Crippen molar-refractivity contribution in [1.29, 1.82) is 0 Å². The number of cyclic esters (lactones) is 1. The molecule has 0 spiro atoms. The molecular weight excluding hydrogens is 457 g/mol. The predicted molar refractivity (Wildman–Crippen MR) is 124 cm³/mol. The molecule has 35 heavy (non-hydrogen) atoms. The summed E-state index contributed by atoms with van der Waals surface area (Å²) in [5.41, 5.74) is -0.731. The van der Waals surface area contributed by atoms with Crippen molar-refractivity contribution < 1.29 is 28.6 Å². The second kappa shape index (κ2) is 7.61. The van der Waals surface area contributed by atoms with E-state index >= 15 is 0 Å². The third kappa shape index (κ3) is 3.65. The maximum atomic E-state index is 14.8. The quantitative estimate of drug-likeness (QED) is 0.420. The van der Waals surface area contributed by atoms with Crippen LogP contribution in [-0.4, -0.2) is 32.3 Å². The Morgan fingerprint density at radius 3 is 2.71 bits per heavy atom. The van der Waals surface area contributed by atoms with Gasteiger partial charge >= 0.3 is 12.1 Å². The molecule has 1 amide bonds. The molecular formula is C25H24FN3O6. The highest BCUT2D eigenvalue weighted by atomic mass is 19.1. The number of pyridine rings is 2. The first-order valence-electron chi connectivity index (χ1n) is 11.2. The van der Waals surface area contributed by atoms with E-state index in [1.54, 1.807) is 39.8 Å². The summed E-state index contributed by atoms with van der Waals surface area (Å²) >= 11 is 0. The van der Waals surface area contributed by atoms with Gasteiger partial charge in [-0.2, -0.15) is 0 Å². The van der Waals surface area contributed by atoms with Gasteiger partial charge < -0.3 is 19.1 Å². The molecule has 1 atom stereocenters. The Morgan fingerprint density at radius 1 is 1.29 bits per heavy atom. The maximum absolute atomic E-state index is 14.8. The summed E-state index contributed by atoms with van der Waals surface area (Å²) in [5.74, 6) is -1.49. The maximum Gasteiger partial charge on any atom is 0.412 e. The van der Waals surface area contributed by atoms with E-state index in [-0.39, 0.29) is 41.9 Å². The lowest BCUT2D eigenvalue weighted by atomic mass is 9.86. The molecule has 5 rings (SSSR count). The lowest BCUT2D eigenvalue weighted by Gasteiger charge is -2.31. The molecule has 0 bridgehead atoms. The molecule has 3 aromatic rings. The van der Waals surface area contributed by atoms with Gasteiger partial charge in [-0.25, -0.2) is 19.0 Å². The lowest BCUT2D eigenvalue weighted by Crippen LogP contribution is -2.44. The van der Waals surface area contributed by atoms with Crippen LogP contribution >= 0.6 is 0 Å². The Bertz CT molecular complexity index is 1490. The fourth-order valence-electron chi connectivity index (χ4n) is 4.52. The molecule has 1 aromatic carbocycles. The zero-order valence-corrected chi connectivity index (χ0v) is 19.7. The van der Waals surface area contributed by atoms with Crippen LogP contribution in [0.5, 0.6) is 0 Å². The molecule has 9 nitrogen and oxygen atoms in total. The Hall–Kier alpha value is -3.79. The van der Waals surface area contributed by atoms with Crippen molar-refractivity contribution in [1.82, 2.24) is 9.55 Å². The number of hydrogen-bond donors (Lipinski definition) is 2. The highest BCUT2D eigenvalue weighted by Crippen LogP contribution is 2.39. The van der Waals surface area contributed by atoms with Gasteiger partial charge in [-0.1, -0.05) is 6.92 Å².